The van der Waals surface area contributed by atoms with Crippen molar-refractivity contribution in [2.24, 2.45) is 0 Å². The number of imidazole rings is 1. The van der Waals surface area contributed by atoms with Crippen molar-refractivity contribution in [3.8, 4) is 0 Å². The Morgan fingerprint density at radius 3 is 2.76 bits per heavy atom. The van der Waals surface area contributed by atoms with Gasteiger partial charge in [-0.05, 0) is 12.1 Å². The predicted octanol–water partition coefficient (Wildman–Crippen LogP) is 3.36. The highest BCUT2D eigenvalue weighted by Crippen LogP contribution is 2.26. The highest BCUT2D eigenvalue weighted by Gasteiger charge is 2.19. The fourth-order valence-electron chi connectivity index (χ4n) is 2.13. The molecule has 0 aliphatic carbocycles. The van der Waals surface area contributed by atoms with Gasteiger partial charge in [-0.2, -0.15) is 0 Å². The Morgan fingerprint density at radius 2 is 2.10 bits per heavy atom. The maximum absolute atomic E-state index is 10.4. The van der Waals surface area contributed by atoms with Crippen LogP contribution in [0.2, 0.25) is 0 Å². The van der Waals surface area contributed by atoms with Crippen LogP contribution in [0.15, 0.2) is 36.0 Å². The molecule has 0 bridgehead atoms. The zero-order chi connectivity index (χ0) is 15.0. The number of nitrogens with zero attached hydrogens (tertiary/aromatic N) is 3. The molecule has 0 spiro atoms. The van der Waals surface area contributed by atoms with Crippen molar-refractivity contribution in [1.29, 1.82) is 0 Å². The topological polar surface area (TPSA) is 50.4 Å². The van der Waals surface area contributed by atoms with Crippen LogP contribution >= 0.6 is 11.3 Å². The molecule has 3 heterocycles. The van der Waals surface area contributed by atoms with E-state index in [0.717, 1.165) is 16.3 Å². The number of fused-ring (bicyclic) bond motifs is 1. The minimum Gasteiger partial charge on any atom is -0.386 e. The molecule has 21 heavy (non-hydrogen) atoms. The third-order valence-corrected chi connectivity index (χ3v) is 4.28. The van der Waals surface area contributed by atoms with Gasteiger partial charge in [0.05, 0.1) is 16.4 Å². The van der Waals surface area contributed by atoms with Gasteiger partial charge >= 0.3 is 0 Å². The average Bonchev–Trinajstić information content (AvgIpc) is 3.03. The quantitative estimate of drug-likeness (QED) is 0.807. The van der Waals surface area contributed by atoms with Crippen LogP contribution < -0.4 is 0 Å². The lowest BCUT2D eigenvalue weighted by atomic mass is 9.93. The first-order valence-electron chi connectivity index (χ1n) is 7.00. The van der Waals surface area contributed by atoms with Crippen molar-refractivity contribution in [1.82, 2.24) is 14.4 Å². The fourth-order valence-corrected chi connectivity index (χ4v) is 3.19. The second-order valence-corrected chi connectivity index (χ2v) is 7.17. The summed E-state index contributed by atoms with van der Waals surface area (Å²) >= 11 is 1.60. The smallest absolute Gasteiger partial charge is 0.137 e. The maximum atomic E-state index is 10.4. The number of pyridine rings is 1. The van der Waals surface area contributed by atoms with E-state index >= 15 is 0 Å². The van der Waals surface area contributed by atoms with E-state index in [1.807, 2.05) is 35.0 Å². The van der Waals surface area contributed by atoms with Crippen LogP contribution in [0.4, 0.5) is 0 Å². The van der Waals surface area contributed by atoms with Crippen molar-refractivity contribution in [2.45, 2.75) is 38.7 Å². The molecule has 3 aromatic heterocycles. The average molecular weight is 301 g/mol. The maximum Gasteiger partial charge on any atom is 0.137 e. The van der Waals surface area contributed by atoms with Crippen LogP contribution in [-0.4, -0.2) is 19.5 Å². The van der Waals surface area contributed by atoms with Gasteiger partial charge < -0.3 is 9.51 Å². The van der Waals surface area contributed by atoms with E-state index in [1.165, 1.54) is 0 Å². The zero-order valence-electron chi connectivity index (χ0n) is 12.4. The summed E-state index contributed by atoms with van der Waals surface area (Å²) in [5.41, 5.74) is 2.66. The van der Waals surface area contributed by atoms with Crippen molar-refractivity contribution in [3.63, 3.8) is 0 Å². The molecular formula is C16H19N3OS. The minimum atomic E-state index is -0.621. The van der Waals surface area contributed by atoms with Crippen molar-refractivity contribution in [2.75, 3.05) is 0 Å². The highest BCUT2D eigenvalue weighted by atomic mass is 32.1. The molecule has 110 valence electrons. The second-order valence-electron chi connectivity index (χ2n) is 6.23. The van der Waals surface area contributed by atoms with Gasteiger partial charge in [-0.25, -0.2) is 9.97 Å². The lowest BCUT2D eigenvalue weighted by molar-refractivity contribution is 0.174. The van der Waals surface area contributed by atoms with Gasteiger partial charge in [-0.1, -0.05) is 26.8 Å². The summed E-state index contributed by atoms with van der Waals surface area (Å²) in [5.74, 6) is 0. The first-order valence-corrected chi connectivity index (χ1v) is 7.88. The molecule has 3 rings (SSSR count). The molecule has 0 saturated carbocycles. The molecule has 0 fully saturated rings. The van der Waals surface area contributed by atoms with Crippen molar-refractivity contribution >= 4 is 17.0 Å². The summed E-state index contributed by atoms with van der Waals surface area (Å²) in [6.07, 6.45) is 3.69. The number of thiazole rings is 1. The zero-order valence-corrected chi connectivity index (χ0v) is 13.3. The van der Waals surface area contributed by atoms with Crippen LogP contribution in [0.5, 0.6) is 0 Å². The Kier molecular flexibility index (Phi) is 3.55. The molecule has 0 aliphatic heterocycles. The number of hydrogen-bond donors (Lipinski definition) is 1. The molecule has 0 aromatic carbocycles. The van der Waals surface area contributed by atoms with Crippen LogP contribution in [0.3, 0.4) is 0 Å². The molecule has 0 aliphatic rings. The summed E-state index contributed by atoms with van der Waals surface area (Å²) in [5, 5.41) is 13.4. The van der Waals surface area contributed by atoms with Gasteiger partial charge in [0, 0.05) is 29.6 Å². The SMILES string of the molecule is CC(C)(C)c1csc(CC(O)c2cn3ccccc3n2)n1. The molecule has 3 aromatic rings. The molecule has 0 amide bonds. The van der Waals surface area contributed by atoms with Crippen LogP contribution in [-0.2, 0) is 11.8 Å². The van der Waals surface area contributed by atoms with E-state index < -0.39 is 6.10 Å². The third-order valence-electron chi connectivity index (χ3n) is 3.41. The molecule has 1 N–H and O–H groups in total. The Balaban J connectivity index is 1.79. The van der Waals surface area contributed by atoms with Gasteiger partial charge in [0.2, 0.25) is 0 Å². The lowest BCUT2D eigenvalue weighted by Gasteiger charge is -2.14. The first kappa shape index (κ1) is 14.2. The first-order chi connectivity index (χ1) is 9.93. The number of hydrogen-bond acceptors (Lipinski definition) is 4. The molecule has 5 heteroatoms. The summed E-state index contributed by atoms with van der Waals surface area (Å²) in [6.45, 7) is 6.43. The van der Waals surface area contributed by atoms with Crippen molar-refractivity contribution < 1.29 is 5.11 Å². The van der Waals surface area contributed by atoms with Crippen molar-refractivity contribution in [3.05, 3.63) is 52.4 Å². The van der Waals surface area contributed by atoms with Crippen LogP contribution in [0, 0.1) is 0 Å². The van der Waals surface area contributed by atoms with E-state index in [4.69, 9.17) is 0 Å². The number of aliphatic hydroxyl groups is 1. The molecular weight excluding hydrogens is 282 g/mol. The Hall–Kier alpha value is -1.72. The lowest BCUT2D eigenvalue weighted by Crippen LogP contribution is -2.12. The number of aliphatic hydroxyl groups excluding tert-OH is 1. The van der Waals surface area contributed by atoms with E-state index in [2.05, 4.69) is 36.1 Å². The van der Waals surface area contributed by atoms with Gasteiger partial charge in [-0.3, -0.25) is 0 Å². The molecule has 0 saturated heterocycles. The van der Waals surface area contributed by atoms with Crippen LogP contribution in [0.1, 0.15) is 43.3 Å². The number of aromatic nitrogens is 3. The van der Waals surface area contributed by atoms with E-state index in [1.54, 1.807) is 11.3 Å². The fraction of sp³-hybridized carbons (Fsp3) is 0.375. The Morgan fingerprint density at radius 1 is 1.29 bits per heavy atom. The molecule has 1 atom stereocenters. The van der Waals surface area contributed by atoms with E-state index in [0.29, 0.717) is 12.1 Å². The summed E-state index contributed by atoms with van der Waals surface area (Å²) in [7, 11) is 0. The largest absolute Gasteiger partial charge is 0.386 e. The normalized spacial score (nSPS) is 13.7. The molecule has 4 nitrogen and oxygen atoms in total. The second kappa shape index (κ2) is 5.24. The van der Waals surface area contributed by atoms with Gasteiger partial charge in [0.25, 0.3) is 0 Å². The molecule has 0 radical (unpaired) electrons. The van der Waals surface area contributed by atoms with Crippen LogP contribution in [0.25, 0.3) is 5.65 Å². The van der Waals surface area contributed by atoms with Gasteiger partial charge in [0.1, 0.15) is 11.8 Å². The highest BCUT2D eigenvalue weighted by molar-refractivity contribution is 7.09. The van der Waals surface area contributed by atoms with E-state index in [-0.39, 0.29) is 5.41 Å². The Bertz CT molecular complexity index is 721. The standard InChI is InChI=1S/C16H19N3OS/c1-16(2,3)13-10-21-15(18-13)8-12(20)11-9-19-7-5-4-6-14(19)17-11/h4-7,9-10,12,20H,8H2,1-3H3. The third kappa shape index (κ3) is 2.99. The Labute approximate surface area is 128 Å². The predicted molar refractivity (Wildman–Crippen MR) is 84.7 cm³/mol. The summed E-state index contributed by atoms with van der Waals surface area (Å²) in [4.78, 5) is 9.08. The minimum absolute atomic E-state index is 0.0444. The monoisotopic (exact) mass is 301 g/mol. The van der Waals surface area contributed by atoms with Gasteiger partial charge in [0.15, 0.2) is 0 Å². The number of rotatable bonds is 3. The summed E-state index contributed by atoms with van der Waals surface area (Å²) < 4.78 is 1.92. The van der Waals surface area contributed by atoms with Gasteiger partial charge in [-0.15, -0.1) is 11.3 Å². The summed E-state index contributed by atoms with van der Waals surface area (Å²) in [6, 6.07) is 5.81. The molecule has 1 unspecified atom stereocenters. The van der Waals surface area contributed by atoms with E-state index in [9.17, 15) is 5.11 Å².